The SMILES string of the molecule is COc1ccc(/C=C/C(=O)c2cccc(-n3cc(-c4cccs4)[nH]c3=O)c2)cc1. The quantitative estimate of drug-likeness (QED) is 0.372. The second-order valence-corrected chi connectivity index (χ2v) is 7.29. The number of methoxy groups -OCH3 is 1. The first kappa shape index (κ1) is 18.7. The molecule has 0 aliphatic carbocycles. The number of thiophene rings is 1. The molecule has 6 heteroatoms. The van der Waals surface area contributed by atoms with Crippen molar-refractivity contribution < 1.29 is 9.53 Å². The number of hydrogen-bond donors (Lipinski definition) is 1. The predicted octanol–water partition coefficient (Wildman–Crippen LogP) is 4.80. The molecule has 0 aliphatic rings. The van der Waals surface area contributed by atoms with E-state index >= 15 is 0 Å². The van der Waals surface area contributed by atoms with Crippen molar-refractivity contribution in [3.05, 3.63) is 99.9 Å². The summed E-state index contributed by atoms with van der Waals surface area (Å²) in [5.74, 6) is 0.629. The van der Waals surface area contributed by atoms with E-state index in [1.807, 2.05) is 41.8 Å². The zero-order valence-corrected chi connectivity index (χ0v) is 16.5. The third-order valence-corrected chi connectivity index (χ3v) is 5.36. The van der Waals surface area contributed by atoms with Crippen molar-refractivity contribution in [1.82, 2.24) is 9.55 Å². The third kappa shape index (κ3) is 4.12. The van der Waals surface area contributed by atoms with E-state index in [1.165, 1.54) is 10.6 Å². The van der Waals surface area contributed by atoms with Gasteiger partial charge in [-0.2, -0.15) is 0 Å². The Hall–Kier alpha value is -3.64. The molecule has 144 valence electrons. The average Bonchev–Trinajstić information content (AvgIpc) is 3.42. The highest BCUT2D eigenvalue weighted by atomic mass is 32.1. The number of hydrogen-bond acceptors (Lipinski definition) is 4. The van der Waals surface area contributed by atoms with E-state index in [0.29, 0.717) is 11.3 Å². The molecule has 2 heterocycles. The largest absolute Gasteiger partial charge is 0.497 e. The summed E-state index contributed by atoms with van der Waals surface area (Å²) in [6.45, 7) is 0. The number of imidazole rings is 1. The highest BCUT2D eigenvalue weighted by Gasteiger charge is 2.10. The molecule has 0 amide bonds. The zero-order chi connectivity index (χ0) is 20.2. The fourth-order valence-corrected chi connectivity index (χ4v) is 3.63. The minimum Gasteiger partial charge on any atom is -0.497 e. The average molecular weight is 402 g/mol. The molecule has 0 spiro atoms. The van der Waals surface area contributed by atoms with Crippen LogP contribution in [0.4, 0.5) is 0 Å². The number of carbonyl (C=O) groups excluding carboxylic acids is 1. The van der Waals surface area contributed by atoms with Gasteiger partial charge in [0.05, 0.1) is 23.4 Å². The zero-order valence-electron chi connectivity index (χ0n) is 15.7. The molecular weight excluding hydrogens is 384 g/mol. The molecule has 0 unspecified atom stereocenters. The van der Waals surface area contributed by atoms with Gasteiger partial charge in [-0.25, -0.2) is 4.79 Å². The Morgan fingerprint density at radius 3 is 2.66 bits per heavy atom. The Kier molecular flexibility index (Phi) is 5.27. The highest BCUT2D eigenvalue weighted by Crippen LogP contribution is 2.22. The van der Waals surface area contributed by atoms with E-state index < -0.39 is 0 Å². The molecule has 0 aliphatic heterocycles. The van der Waals surface area contributed by atoms with Gasteiger partial charge >= 0.3 is 5.69 Å². The van der Waals surface area contributed by atoms with Gasteiger partial charge < -0.3 is 9.72 Å². The third-order valence-electron chi connectivity index (χ3n) is 4.46. The number of ketones is 1. The Bertz CT molecular complexity index is 1220. The van der Waals surface area contributed by atoms with E-state index in [4.69, 9.17) is 4.74 Å². The first-order valence-corrected chi connectivity index (χ1v) is 9.84. The van der Waals surface area contributed by atoms with Crippen LogP contribution < -0.4 is 10.4 Å². The predicted molar refractivity (Wildman–Crippen MR) is 116 cm³/mol. The van der Waals surface area contributed by atoms with Gasteiger partial charge in [0.15, 0.2) is 5.78 Å². The molecule has 2 aromatic carbocycles. The van der Waals surface area contributed by atoms with Crippen LogP contribution in [-0.2, 0) is 0 Å². The number of aromatic nitrogens is 2. The summed E-state index contributed by atoms with van der Waals surface area (Å²) >= 11 is 1.55. The number of H-pyrrole nitrogens is 1. The number of allylic oxidation sites excluding steroid dienone is 1. The van der Waals surface area contributed by atoms with Crippen LogP contribution in [0.1, 0.15) is 15.9 Å². The summed E-state index contributed by atoms with van der Waals surface area (Å²) in [4.78, 5) is 28.8. The number of benzene rings is 2. The molecule has 0 radical (unpaired) electrons. The Balaban J connectivity index is 1.58. The lowest BCUT2D eigenvalue weighted by Crippen LogP contribution is -2.14. The lowest BCUT2D eigenvalue weighted by atomic mass is 10.1. The molecule has 0 fully saturated rings. The van der Waals surface area contributed by atoms with E-state index in [0.717, 1.165) is 21.9 Å². The molecule has 0 saturated carbocycles. The molecule has 4 rings (SSSR count). The summed E-state index contributed by atoms with van der Waals surface area (Å²) in [6.07, 6.45) is 5.04. The van der Waals surface area contributed by atoms with E-state index in [-0.39, 0.29) is 11.5 Å². The number of rotatable bonds is 6. The van der Waals surface area contributed by atoms with Gasteiger partial charge in [-0.05, 0) is 47.4 Å². The van der Waals surface area contributed by atoms with Crippen molar-refractivity contribution in [2.75, 3.05) is 7.11 Å². The van der Waals surface area contributed by atoms with Crippen molar-refractivity contribution in [2.24, 2.45) is 0 Å². The molecule has 5 nitrogen and oxygen atoms in total. The number of nitrogens with one attached hydrogen (secondary N) is 1. The molecular formula is C23H18N2O3S. The number of carbonyl (C=O) groups is 1. The number of nitrogens with zero attached hydrogens (tertiary/aromatic N) is 1. The van der Waals surface area contributed by atoms with Crippen LogP contribution in [0.5, 0.6) is 5.75 Å². The summed E-state index contributed by atoms with van der Waals surface area (Å²) in [5.41, 5.74) is 2.56. The standard InChI is InChI=1S/C23H18N2O3S/c1-28-19-10-7-16(8-11-19)9-12-21(26)17-4-2-5-18(14-17)25-15-20(24-23(25)27)22-6-3-13-29-22/h2-15H,1H3,(H,24,27)/b12-9+. The van der Waals surface area contributed by atoms with Gasteiger partial charge in [-0.1, -0.05) is 36.4 Å². The second-order valence-electron chi connectivity index (χ2n) is 6.34. The van der Waals surface area contributed by atoms with Crippen molar-refractivity contribution in [3.63, 3.8) is 0 Å². The molecule has 0 atom stereocenters. The molecule has 4 aromatic rings. The summed E-state index contributed by atoms with van der Waals surface area (Å²) in [5, 5.41) is 1.96. The summed E-state index contributed by atoms with van der Waals surface area (Å²) in [6, 6.07) is 18.4. The van der Waals surface area contributed by atoms with Gasteiger partial charge in [0.25, 0.3) is 0 Å². The van der Waals surface area contributed by atoms with Crippen molar-refractivity contribution in [3.8, 4) is 22.0 Å². The van der Waals surface area contributed by atoms with Gasteiger partial charge in [0.1, 0.15) is 5.75 Å². The normalized spacial score (nSPS) is 11.1. The maximum atomic E-state index is 12.6. The lowest BCUT2D eigenvalue weighted by Gasteiger charge is -2.03. The van der Waals surface area contributed by atoms with E-state index in [2.05, 4.69) is 4.98 Å². The monoisotopic (exact) mass is 402 g/mol. The summed E-state index contributed by atoms with van der Waals surface area (Å²) in [7, 11) is 1.61. The molecule has 0 bridgehead atoms. The van der Waals surface area contributed by atoms with Crippen molar-refractivity contribution in [1.29, 1.82) is 0 Å². The number of aromatic amines is 1. The second kappa shape index (κ2) is 8.16. The van der Waals surface area contributed by atoms with Crippen LogP contribution in [-0.4, -0.2) is 22.4 Å². The maximum absolute atomic E-state index is 12.6. The minimum atomic E-state index is -0.244. The molecule has 2 aromatic heterocycles. The number of ether oxygens (including phenoxy) is 1. The Morgan fingerprint density at radius 2 is 1.93 bits per heavy atom. The fraction of sp³-hybridized carbons (Fsp3) is 0.0435. The van der Waals surface area contributed by atoms with E-state index in [9.17, 15) is 9.59 Å². The van der Waals surface area contributed by atoms with E-state index in [1.54, 1.807) is 55.0 Å². The van der Waals surface area contributed by atoms with Crippen LogP contribution in [0.2, 0.25) is 0 Å². The van der Waals surface area contributed by atoms with Crippen LogP contribution >= 0.6 is 11.3 Å². The molecule has 0 saturated heterocycles. The first-order chi connectivity index (χ1) is 14.1. The lowest BCUT2D eigenvalue weighted by molar-refractivity contribution is 0.104. The van der Waals surface area contributed by atoms with Crippen LogP contribution in [0.25, 0.3) is 22.3 Å². The van der Waals surface area contributed by atoms with Crippen molar-refractivity contribution in [2.45, 2.75) is 0 Å². The first-order valence-electron chi connectivity index (χ1n) is 8.96. The van der Waals surface area contributed by atoms with Gasteiger partial charge in [0.2, 0.25) is 0 Å². The highest BCUT2D eigenvalue weighted by molar-refractivity contribution is 7.13. The molecule has 29 heavy (non-hydrogen) atoms. The summed E-state index contributed by atoms with van der Waals surface area (Å²) < 4.78 is 6.65. The maximum Gasteiger partial charge on any atom is 0.330 e. The van der Waals surface area contributed by atoms with Crippen LogP contribution in [0, 0.1) is 0 Å². The Labute approximate surface area is 171 Å². The van der Waals surface area contributed by atoms with Crippen molar-refractivity contribution >= 4 is 23.2 Å². The van der Waals surface area contributed by atoms with Gasteiger partial charge in [-0.15, -0.1) is 11.3 Å². The fourth-order valence-electron chi connectivity index (χ4n) is 2.94. The van der Waals surface area contributed by atoms with Crippen LogP contribution in [0.15, 0.2) is 83.1 Å². The molecule has 1 N–H and O–H groups in total. The minimum absolute atomic E-state index is 0.135. The van der Waals surface area contributed by atoms with Crippen LogP contribution in [0.3, 0.4) is 0 Å². The van der Waals surface area contributed by atoms with Gasteiger partial charge in [0, 0.05) is 11.8 Å². The Morgan fingerprint density at radius 1 is 1.10 bits per heavy atom. The smallest absolute Gasteiger partial charge is 0.330 e. The topological polar surface area (TPSA) is 64.1 Å². The van der Waals surface area contributed by atoms with Gasteiger partial charge in [-0.3, -0.25) is 9.36 Å².